The van der Waals surface area contributed by atoms with E-state index in [-0.39, 0.29) is 11.8 Å². The minimum Gasteiger partial charge on any atom is -0.497 e. The second kappa shape index (κ2) is 9.11. The Morgan fingerprint density at radius 2 is 2.31 bits per heavy atom. The van der Waals surface area contributed by atoms with E-state index in [0.717, 1.165) is 48.6 Å². The molecule has 0 unspecified atom stereocenters. The number of benzene rings is 1. The molecule has 0 saturated carbocycles. The average Bonchev–Trinajstić information content (AvgIpc) is 3.27. The number of carbonyl (C=O) groups is 1. The molecule has 3 heterocycles. The topological polar surface area (TPSA) is 80.2 Å². The predicted octanol–water partition coefficient (Wildman–Crippen LogP) is 3.43. The summed E-state index contributed by atoms with van der Waals surface area (Å²) in [5.41, 5.74) is 2.78. The Morgan fingerprint density at radius 1 is 1.38 bits per heavy atom. The van der Waals surface area contributed by atoms with Crippen molar-refractivity contribution in [3.8, 4) is 17.0 Å². The lowest BCUT2D eigenvalue weighted by Gasteiger charge is -2.31. The minimum atomic E-state index is -0.0307. The van der Waals surface area contributed by atoms with Crippen LogP contribution >= 0.6 is 11.3 Å². The summed E-state index contributed by atoms with van der Waals surface area (Å²) in [6.07, 6.45) is 7.38. The van der Waals surface area contributed by atoms with Gasteiger partial charge in [0.05, 0.1) is 31.2 Å². The number of hydrogen-bond donors (Lipinski definition) is 1. The van der Waals surface area contributed by atoms with Gasteiger partial charge in [-0.3, -0.25) is 14.7 Å². The highest BCUT2D eigenvalue weighted by Gasteiger charge is 2.24. The predicted molar refractivity (Wildman–Crippen MR) is 113 cm³/mol. The molecule has 4 rings (SSSR count). The Kier molecular flexibility index (Phi) is 6.12. The van der Waals surface area contributed by atoms with Gasteiger partial charge in [0.25, 0.3) is 0 Å². The number of ether oxygens (including phenoxy) is 1. The number of carbonyl (C=O) groups excluding carboxylic acids is 1. The van der Waals surface area contributed by atoms with E-state index in [1.165, 1.54) is 11.3 Å². The molecule has 1 fully saturated rings. The minimum absolute atomic E-state index is 0.0307. The number of likely N-dealkylation sites (tertiary alicyclic amines) is 1. The normalized spacial score (nSPS) is 17.1. The van der Waals surface area contributed by atoms with Crippen molar-refractivity contribution >= 4 is 22.4 Å². The number of thiazole rings is 1. The molecular formula is C21H23N5O2S. The van der Waals surface area contributed by atoms with Gasteiger partial charge in [0.2, 0.25) is 5.91 Å². The standard InChI is InChI=1S/C21H23N5O2S/c1-28-17-6-2-4-15(10-17)18-11-22-12-19(24-18)16-5-3-8-26(13-16)14-20(27)25-21-23-7-9-29-21/h2,4,6-7,9-12,16H,3,5,8,13-14H2,1H3,(H,23,25,27)/t16-/m1/s1. The molecule has 3 aromatic rings. The fourth-order valence-corrected chi connectivity index (χ4v) is 4.13. The van der Waals surface area contributed by atoms with Gasteiger partial charge in [-0.05, 0) is 31.5 Å². The van der Waals surface area contributed by atoms with Crippen LogP contribution in [0.1, 0.15) is 24.5 Å². The van der Waals surface area contributed by atoms with Gasteiger partial charge in [-0.25, -0.2) is 9.97 Å². The molecule has 1 aliphatic heterocycles. The van der Waals surface area contributed by atoms with Crippen molar-refractivity contribution in [3.05, 3.63) is 53.9 Å². The molecule has 0 spiro atoms. The lowest BCUT2D eigenvalue weighted by molar-refractivity contribution is -0.117. The van der Waals surface area contributed by atoms with E-state index >= 15 is 0 Å². The fourth-order valence-electron chi connectivity index (χ4n) is 3.59. The van der Waals surface area contributed by atoms with Crippen molar-refractivity contribution in [2.45, 2.75) is 18.8 Å². The highest BCUT2D eigenvalue weighted by Crippen LogP contribution is 2.28. The summed E-state index contributed by atoms with van der Waals surface area (Å²) in [6.45, 7) is 2.06. The van der Waals surface area contributed by atoms with E-state index < -0.39 is 0 Å². The maximum atomic E-state index is 12.3. The summed E-state index contributed by atoms with van der Waals surface area (Å²) in [4.78, 5) is 27.9. The van der Waals surface area contributed by atoms with Gasteiger partial charge in [0.1, 0.15) is 5.75 Å². The Hall–Kier alpha value is -2.84. The van der Waals surface area contributed by atoms with Gasteiger partial charge in [-0.15, -0.1) is 11.3 Å². The molecule has 0 radical (unpaired) electrons. The van der Waals surface area contributed by atoms with Crippen LogP contribution in [0, 0.1) is 0 Å². The number of anilines is 1. The molecule has 1 N–H and O–H groups in total. The lowest BCUT2D eigenvalue weighted by atomic mass is 9.94. The highest BCUT2D eigenvalue weighted by atomic mass is 32.1. The first-order chi connectivity index (χ1) is 14.2. The second-order valence-electron chi connectivity index (χ2n) is 7.02. The van der Waals surface area contributed by atoms with Gasteiger partial charge >= 0.3 is 0 Å². The number of aromatic nitrogens is 3. The molecule has 1 amide bonds. The third-order valence-electron chi connectivity index (χ3n) is 4.99. The molecule has 0 aliphatic carbocycles. The van der Waals surface area contributed by atoms with Gasteiger partial charge < -0.3 is 10.1 Å². The molecule has 150 valence electrons. The van der Waals surface area contributed by atoms with E-state index in [0.29, 0.717) is 11.7 Å². The summed E-state index contributed by atoms with van der Waals surface area (Å²) in [5.74, 6) is 1.02. The van der Waals surface area contributed by atoms with Crippen LogP contribution in [0.2, 0.25) is 0 Å². The Morgan fingerprint density at radius 3 is 3.14 bits per heavy atom. The first kappa shape index (κ1) is 19.5. The summed E-state index contributed by atoms with van der Waals surface area (Å²) in [7, 11) is 1.66. The summed E-state index contributed by atoms with van der Waals surface area (Å²) >= 11 is 1.42. The van der Waals surface area contributed by atoms with Gasteiger partial charge in [-0.1, -0.05) is 12.1 Å². The number of amides is 1. The molecule has 1 aromatic carbocycles. The second-order valence-corrected chi connectivity index (χ2v) is 7.92. The van der Waals surface area contributed by atoms with Crippen LogP contribution in [0.4, 0.5) is 5.13 Å². The van der Waals surface area contributed by atoms with Gasteiger partial charge in [0, 0.05) is 35.8 Å². The van der Waals surface area contributed by atoms with Crippen molar-refractivity contribution in [3.63, 3.8) is 0 Å². The zero-order valence-corrected chi connectivity index (χ0v) is 17.1. The summed E-state index contributed by atoms with van der Waals surface area (Å²) in [5, 5.41) is 5.34. The van der Waals surface area contributed by atoms with Crippen molar-refractivity contribution in [1.82, 2.24) is 19.9 Å². The zero-order valence-electron chi connectivity index (χ0n) is 16.2. The van der Waals surface area contributed by atoms with E-state index in [2.05, 4.69) is 20.2 Å². The van der Waals surface area contributed by atoms with Crippen molar-refractivity contribution < 1.29 is 9.53 Å². The van der Waals surface area contributed by atoms with Crippen LogP contribution in [0.5, 0.6) is 5.75 Å². The van der Waals surface area contributed by atoms with Crippen molar-refractivity contribution in [2.75, 3.05) is 32.1 Å². The Labute approximate surface area is 173 Å². The number of rotatable bonds is 6. The van der Waals surface area contributed by atoms with Gasteiger partial charge in [-0.2, -0.15) is 0 Å². The quantitative estimate of drug-likeness (QED) is 0.672. The molecule has 29 heavy (non-hydrogen) atoms. The van der Waals surface area contributed by atoms with Crippen LogP contribution in [-0.2, 0) is 4.79 Å². The third-order valence-corrected chi connectivity index (χ3v) is 5.68. The largest absolute Gasteiger partial charge is 0.497 e. The number of methoxy groups -OCH3 is 1. The molecule has 7 nitrogen and oxygen atoms in total. The van der Waals surface area contributed by atoms with Crippen LogP contribution in [0.3, 0.4) is 0 Å². The lowest BCUT2D eigenvalue weighted by Crippen LogP contribution is -2.40. The van der Waals surface area contributed by atoms with E-state index in [4.69, 9.17) is 9.72 Å². The first-order valence-corrected chi connectivity index (χ1v) is 10.5. The Bertz CT molecular complexity index is 963. The van der Waals surface area contributed by atoms with Gasteiger partial charge in [0.15, 0.2) is 5.13 Å². The van der Waals surface area contributed by atoms with Crippen LogP contribution in [0.15, 0.2) is 48.2 Å². The first-order valence-electron chi connectivity index (χ1n) is 9.59. The number of nitrogens with zero attached hydrogens (tertiary/aromatic N) is 4. The zero-order chi connectivity index (χ0) is 20.1. The van der Waals surface area contributed by atoms with Crippen LogP contribution in [0.25, 0.3) is 11.3 Å². The molecule has 0 bridgehead atoms. The Balaban J connectivity index is 1.43. The molecule has 1 saturated heterocycles. The van der Waals surface area contributed by atoms with Crippen LogP contribution < -0.4 is 10.1 Å². The summed E-state index contributed by atoms with van der Waals surface area (Å²) < 4.78 is 5.31. The number of nitrogens with one attached hydrogen (secondary N) is 1. The van der Waals surface area contributed by atoms with E-state index in [1.54, 1.807) is 19.5 Å². The SMILES string of the molecule is COc1cccc(-c2cncc([C@@H]3CCCN(CC(=O)Nc4nccs4)C3)n2)c1. The highest BCUT2D eigenvalue weighted by molar-refractivity contribution is 7.13. The molecule has 8 heteroatoms. The van der Waals surface area contributed by atoms with E-state index in [1.807, 2.05) is 35.8 Å². The molecule has 1 aliphatic rings. The molecular weight excluding hydrogens is 386 g/mol. The smallest absolute Gasteiger partial charge is 0.240 e. The fraction of sp³-hybridized carbons (Fsp3) is 0.333. The molecule has 2 aromatic heterocycles. The number of piperidine rings is 1. The average molecular weight is 410 g/mol. The van der Waals surface area contributed by atoms with Crippen LogP contribution in [-0.4, -0.2) is 52.5 Å². The maximum Gasteiger partial charge on any atom is 0.240 e. The monoisotopic (exact) mass is 409 g/mol. The third kappa shape index (κ3) is 4.96. The number of hydrogen-bond acceptors (Lipinski definition) is 7. The van der Waals surface area contributed by atoms with Crippen molar-refractivity contribution in [2.24, 2.45) is 0 Å². The summed E-state index contributed by atoms with van der Waals surface area (Å²) in [6, 6.07) is 7.83. The van der Waals surface area contributed by atoms with Crippen molar-refractivity contribution in [1.29, 1.82) is 0 Å². The molecule has 1 atom stereocenters. The van der Waals surface area contributed by atoms with E-state index in [9.17, 15) is 4.79 Å². The maximum absolute atomic E-state index is 12.3.